The first-order valence-corrected chi connectivity index (χ1v) is 4.25. The largest absolute Gasteiger partial charge is 0.458 e. The lowest BCUT2D eigenvalue weighted by Gasteiger charge is -2.19. The van der Waals surface area contributed by atoms with E-state index in [-0.39, 0.29) is 5.97 Å². The van der Waals surface area contributed by atoms with E-state index in [4.69, 9.17) is 6.11 Å². The minimum Gasteiger partial charge on any atom is -0.458 e. The molecule has 0 aromatic carbocycles. The first kappa shape index (κ1) is 7.84. The SMILES string of the molecule is [2H][C@@]1(OC(=O)C(C)(C)C)C=CCC1. The van der Waals surface area contributed by atoms with Crippen LogP contribution in [0.25, 0.3) is 0 Å². The Balaban J connectivity index is 2.59. The van der Waals surface area contributed by atoms with Crippen molar-refractivity contribution >= 4 is 5.97 Å². The lowest BCUT2D eigenvalue weighted by atomic mass is 9.97. The Labute approximate surface area is 75.0 Å². The topological polar surface area (TPSA) is 26.3 Å². The number of esters is 1. The monoisotopic (exact) mass is 169 g/mol. The molecule has 0 aromatic rings. The summed E-state index contributed by atoms with van der Waals surface area (Å²) in [5.74, 6) is -0.311. The standard InChI is InChI=1S/C10H16O2/c1-10(2,3)9(11)12-8-6-4-5-7-8/h4,6,8H,5,7H2,1-3H3/t8-/m1/s1/i8D. The van der Waals surface area contributed by atoms with Gasteiger partial charge in [0.1, 0.15) is 6.08 Å². The second kappa shape index (κ2) is 3.30. The molecule has 0 unspecified atom stereocenters. The van der Waals surface area contributed by atoms with Gasteiger partial charge in [-0.25, -0.2) is 0 Å². The molecule has 0 aliphatic heterocycles. The average molecular weight is 169 g/mol. The van der Waals surface area contributed by atoms with Crippen LogP contribution < -0.4 is 0 Å². The van der Waals surface area contributed by atoms with Crippen molar-refractivity contribution in [3.63, 3.8) is 0 Å². The van der Waals surface area contributed by atoms with Crippen LogP contribution in [0.4, 0.5) is 0 Å². The summed E-state index contributed by atoms with van der Waals surface area (Å²) < 4.78 is 12.9. The molecule has 0 amide bonds. The molecular weight excluding hydrogens is 152 g/mol. The van der Waals surface area contributed by atoms with Gasteiger partial charge >= 0.3 is 5.97 Å². The van der Waals surface area contributed by atoms with Crippen molar-refractivity contribution in [1.29, 1.82) is 0 Å². The Morgan fingerprint density at radius 3 is 2.75 bits per heavy atom. The van der Waals surface area contributed by atoms with Crippen molar-refractivity contribution in [2.24, 2.45) is 5.41 Å². The highest BCUT2D eigenvalue weighted by Crippen LogP contribution is 2.20. The Kier molecular flexibility index (Phi) is 2.15. The molecule has 0 N–H and O–H groups in total. The molecule has 0 bridgehead atoms. The van der Waals surface area contributed by atoms with E-state index in [1.807, 2.05) is 6.08 Å². The van der Waals surface area contributed by atoms with Gasteiger partial charge in [-0.1, -0.05) is 6.08 Å². The zero-order chi connectivity index (χ0) is 10.1. The van der Waals surface area contributed by atoms with Gasteiger partial charge in [-0.05, 0) is 39.7 Å². The highest BCUT2D eigenvalue weighted by Gasteiger charge is 2.25. The molecule has 1 rings (SSSR count). The molecule has 0 fully saturated rings. The fourth-order valence-corrected chi connectivity index (χ4v) is 0.881. The van der Waals surface area contributed by atoms with E-state index in [0.29, 0.717) is 6.42 Å². The Morgan fingerprint density at radius 2 is 2.33 bits per heavy atom. The summed E-state index contributed by atoms with van der Waals surface area (Å²) in [5.41, 5.74) is -0.523. The van der Waals surface area contributed by atoms with Crippen molar-refractivity contribution in [3.05, 3.63) is 12.2 Å². The normalized spacial score (nSPS) is 30.1. The molecule has 0 radical (unpaired) electrons. The van der Waals surface area contributed by atoms with Crippen LogP contribution in [0.1, 0.15) is 35.0 Å². The van der Waals surface area contributed by atoms with Gasteiger partial charge in [-0.2, -0.15) is 0 Å². The maximum atomic E-state index is 11.4. The molecule has 2 nitrogen and oxygen atoms in total. The summed E-state index contributed by atoms with van der Waals surface area (Å²) in [6.07, 6.45) is 3.82. The predicted octanol–water partition coefficient (Wildman–Crippen LogP) is 2.29. The minimum atomic E-state index is -1.11. The van der Waals surface area contributed by atoms with E-state index >= 15 is 0 Å². The van der Waals surface area contributed by atoms with E-state index in [0.717, 1.165) is 6.42 Å². The average Bonchev–Trinajstić information content (AvgIpc) is 2.33. The summed E-state index contributed by atoms with van der Waals surface area (Å²) in [4.78, 5) is 11.4. The van der Waals surface area contributed by atoms with Crippen molar-refractivity contribution in [2.45, 2.75) is 39.7 Å². The number of hydrogen-bond acceptors (Lipinski definition) is 2. The summed E-state index contributed by atoms with van der Waals surface area (Å²) in [6, 6.07) is 0. The molecule has 2 heteroatoms. The van der Waals surface area contributed by atoms with Crippen LogP contribution in [0, 0.1) is 5.41 Å². The maximum absolute atomic E-state index is 11.4. The molecular formula is C10H16O2. The summed E-state index contributed by atoms with van der Waals surface area (Å²) in [7, 11) is 0. The summed E-state index contributed by atoms with van der Waals surface area (Å²) in [5, 5.41) is 0. The quantitative estimate of drug-likeness (QED) is 0.444. The van der Waals surface area contributed by atoms with E-state index in [1.165, 1.54) is 0 Å². The fraction of sp³-hybridized carbons (Fsp3) is 0.700. The molecule has 0 spiro atoms. The van der Waals surface area contributed by atoms with Gasteiger partial charge in [0.15, 0.2) is 0 Å². The molecule has 1 aliphatic carbocycles. The molecule has 12 heavy (non-hydrogen) atoms. The third kappa shape index (κ3) is 2.36. The first-order valence-electron chi connectivity index (χ1n) is 4.75. The van der Waals surface area contributed by atoms with E-state index in [2.05, 4.69) is 0 Å². The first-order chi connectivity index (χ1) is 5.83. The van der Waals surface area contributed by atoms with Crippen LogP contribution in [0.3, 0.4) is 0 Å². The Bertz CT molecular complexity index is 240. The smallest absolute Gasteiger partial charge is 0.311 e. The number of carbonyl (C=O) groups excluding carboxylic acids is 1. The third-order valence-corrected chi connectivity index (χ3v) is 1.70. The molecule has 1 aliphatic rings. The Morgan fingerprint density at radius 1 is 1.67 bits per heavy atom. The number of carbonyl (C=O) groups is 1. The van der Waals surface area contributed by atoms with Crippen LogP contribution in [-0.2, 0) is 9.53 Å². The molecule has 0 heterocycles. The molecule has 0 saturated heterocycles. The summed E-state index contributed by atoms with van der Waals surface area (Å²) in [6.45, 7) is 5.37. The molecule has 0 aromatic heterocycles. The number of rotatable bonds is 1. The van der Waals surface area contributed by atoms with Crippen LogP contribution >= 0.6 is 0 Å². The van der Waals surface area contributed by atoms with Crippen LogP contribution in [0.15, 0.2) is 12.2 Å². The zero-order valence-electron chi connectivity index (χ0n) is 8.89. The molecule has 0 saturated carbocycles. The lowest BCUT2D eigenvalue weighted by Crippen LogP contribution is -2.26. The highest BCUT2D eigenvalue weighted by atomic mass is 16.5. The van der Waals surface area contributed by atoms with E-state index < -0.39 is 11.5 Å². The zero-order valence-corrected chi connectivity index (χ0v) is 7.89. The predicted molar refractivity (Wildman–Crippen MR) is 47.7 cm³/mol. The second-order valence-corrected chi connectivity index (χ2v) is 4.05. The Hall–Kier alpha value is -0.790. The van der Waals surface area contributed by atoms with E-state index in [1.54, 1.807) is 26.8 Å². The van der Waals surface area contributed by atoms with Gasteiger partial charge in [0.2, 0.25) is 0 Å². The van der Waals surface area contributed by atoms with Crippen LogP contribution in [-0.4, -0.2) is 12.0 Å². The van der Waals surface area contributed by atoms with Crippen LogP contribution in [0.2, 0.25) is 0 Å². The van der Waals surface area contributed by atoms with Crippen molar-refractivity contribution in [2.75, 3.05) is 0 Å². The van der Waals surface area contributed by atoms with E-state index in [9.17, 15) is 4.79 Å². The van der Waals surface area contributed by atoms with Gasteiger partial charge in [0.05, 0.1) is 6.79 Å². The van der Waals surface area contributed by atoms with Gasteiger partial charge in [-0.15, -0.1) is 0 Å². The molecule has 1 atom stereocenters. The van der Waals surface area contributed by atoms with Crippen molar-refractivity contribution in [1.82, 2.24) is 0 Å². The molecule has 68 valence electrons. The summed E-state index contributed by atoms with van der Waals surface area (Å²) >= 11 is 0. The van der Waals surface area contributed by atoms with Gasteiger partial charge in [-0.3, -0.25) is 4.79 Å². The highest BCUT2D eigenvalue weighted by molar-refractivity contribution is 5.75. The lowest BCUT2D eigenvalue weighted by molar-refractivity contribution is -0.156. The van der Waals surface area contributed by atoms with Gasteiger partial charge < -0.3 is 4.74 Å². The number of hydrogen-bond donors (Lipinski definition) is 0. The number of allylic oxidation sites excluding steroid dienone is 1. The minimum absolute atomic E-state index is 0.311. The number of ether oxygens (including phenoxy) is 1. The van der Waals surface area contributed by atoms with Crippen molar-refractivity contribution < 1.29 is 10.9 Å². The van der Waals surface area contributed by atoms with Crippen molar-refractivity contribution in [3.8, 4) is 0 Å². The third-order valence-electron chi connectivity index (χ3n) is 1.70. The maximum Gasteiger partial charge on any atom is 0.311 e. The fourth-order valence-electron chi connectivity index (χ4n) is 0.881. The second-order valence-electron chi connectivity index (χ2n) is 4.05. The van der Waals surface area contributed by atoms with Gasteiger partial charge in [0, 0.05) is 0 Å². The van der Waals surface area contributed by atoms with Gasteiger partial charge in [0.25, 0.3) is 0 Å². The van der Waals surface area contributed by atoms with Crippen LogP contribution in [0.5, 0.6) is 0 Å².